The Morgan fingerprint density at radius 1 is 1.07 bits per heavy atom. The first-order valence-corrected chi connectivity index (χ1v) is 11.3. The molecule has 0 bridgehead atoms. The summed E-state index contributed by atoms with van der Waals surface area (Å²) >= 11 is 0. The second-order valence-electron chi connectivity index (χ2n) is 10.2. The van der Waals surface area contributed by atoms with Crippen LogP contribution in [0.5, 0.6) is 11.5 Å². The molecule has 1 aromatic carbocycles. The summed E-state index contributed by atoms with van der Waals surface area (Å²) in [4.78, 5) is 0. The van der Waals surface area contributed by atoms with Crippen molar-refractivity contribution in [1.29, 1.82) is 0 Å². The molecule has 1 fully saturated rings. The van der Waals surface area contributed by atoms with E-state index in [0.29, 0.717) is 17.6 Å². The van der Waals surface area contributed by atoms with Gasteiger partial charge < -0.3 is 9.84 Å². The zero-order chi connectivity index (χ0) is 19.7. The van der Waals surface area contributed by atoms with E-state index in [1.807, 2.05) is 6.07 Å². The van der Waals surface area contributed by atoms with E-state index < -0.39 is 0 Å². The van der Waals surface area contributed by atoms with Crippen molar-refractivity contribution in [2.75, 3.05) is 0 Å². The lowest BCUT2D eigenvalue weighted by Gasteiger charge is -2.45. The molecule has 0 amide bonds. The average Bonchev–Trinajstić information content (AvgIpc) is 2.84. The highest BCUT2D eigenvalue weighted by atomic mass is 16.5. The maximum Gasteiger partial charge on any atom is 0.127 e. The standard InChI is InChI=1S/C25H40O2/c1-6-7-8-12-15-24(2,3)18-16-21(26)23-19-13-10-9-11-14-20(19)25(4,5)27-22(23)17-18/h16-17,19-20,26H,6-15H2,1-5H3. The van der Waals surface area contributed by atoms with Gasteiger partial charge in [0.25, 0.3) is 0 Å². The van der Waals surface area contributed by atoms with Crippen LogP contribution in [-0.2, 0) is 5.41 Å². The molecule has 1 saturated carbocycles. The van der Waals surface area contributed by atoms with Crippen molar-refractivity contribution in [3.8, 4) is 11.5 Å². The molecule has 1 aliphatic carbocycles. The number of fused-ring (bicyclic) bond motifs is 3. The Bertz CT molecular complexity index is 644. The molecule has 0 radical (unpaired) electrons. The number of unbranched alkanes of at least 4 members (excludes halogenated alkanes) is 3. The van der Waals surface area contributed by atoms with Crippen molar-refractivity contribution in [2.45, 2.75) is 116 Å². The molecule has 2 nitrogen and oxygen atoms in total. The minimum absolute atomic E-state index is 0.0635. The molecule has 2 atom stereocenters. The number of aromatic hydroxyl groups is 1. The molecule has 0 spiro atoms. The predicted octanol–water partition coefficient (Wildman–Crippen LogP) is 7.48. The van der Waals surface area contributed by atoms with E-state index in [0.717, 1.165) is 17.7 Å². The fourth-order valence-corrected chi connectivity index (χ4v) is 5.44. The second kappa shape index (κ2) is 8.05. The largest absolute Gasteiger partial charge is 0.508 e. The van der Waals surface area contributed by atoms with E-state index in [-0.39, 0.29) is 11.0 Å². The van der Waals surface area contributed by atoms with Crippen LogP contribution in [0.1, 0.15) is 116 Å². The van der Waals surface area contributed by atoms with Crippen LogP contribution >= 0.6 is 0 Å². The third-order valence-electron chi connectivity index (χ3n) is 7.21. The number of phenolic OH excluding ortho intramolecular Hbond substituents is 1. The van der Waals surface area contributed by atoms with E-state index in [2.05, 4.69) is 40.7 Å². The van der Waals surface area contributed by atoms with Crippen LogP contribution in [0.15, 0.2) is 12.1 Å². The minimum Gasteiger partial charge on any atom is -0.508 e. The second-order valence-corrected chi connectivity index (χ2v) is 10.2. The molecule has 27 heavy (non-hydrogen) atoms. The molecule has 1 heterocycles. The Morgan fingerprint density at radius 2 is 1.81 bits per heavy atom. The zero-order valence-corrected chi connectivity index (χ0v) is 18.2. The molecule has 152 valence electrons. The van der Waals surface area contributed by atoms with Gasteiger partial charge in [-0.2, -0.15) is 0 Å². The van der Waals surface area contributed by atoms with Gasteiger partial charge in [0.05, 0.1) is 0 Å². The number of ether oxygens (including phenoxy) is 1. The van der Waals surface area contributed by atoms with E-state index in [1.54, 1.807) is 0 Å². The number of phenols is 1. The lowest BCUT2D eigenvalue weighted by Crippen LogP contribution is -2.44. The van der Waals surface area contributed by atoms with Gasteiger partial charge in [0.15, 0.2) is 0 Å². The van der Waals surface area contributed by atoms with Gasteiger partial charge in [-0.15, -0.1) is 0 Å². The van der Waals surface area contributed by atoms with Crippen molar-refractivity contribution in [3.05, 3.63) is 23.3 Å². The Balaban J connectivity index is 1.91. The zero-order valence-electron chi connectivity index (χ0n) is 18.2. The van der Waals surface area contributed by atoms with Crippen LogP contribution in [-0.4, -0.2) is 10.7 Å². The highest BCUT2D eigenvalue weighted by molar-refractivity contribution is 5.53. The summed E-state index contributed by atoms with van der Waals surface area (Å²) in [6, 6.07) is 4.29. The molecule has 1 aromatic rings. The molecule has 3 rings (SSSR count). The average molecular weight is 373 g/mol. The molecular formula is C25H40O2. The fraction of sp³-hybridized carbons (Fsp3) is 0.760. The van der Waals surface area contributed by atoms with Crippen LogP contribution < -0.4 is 4.74 Å². The smallest absolute Gasteiger partial charge is 0.127 e. The van der Waals surface area contributed by atoms with Gasteiger partial charge in [-0.05, 0) is 62.1 Å². The van der Waals surface area contributed by atoms with Crippen LogP contribution in [0.25, 0.3) is 0 Å². The summed E-state index contributed by atoms with van der Waals surface area (Å²) in [5, 5.41) is 11.0. The first-order valence-electron chi connectivity index (χ1n) is 11.3. The quantitative estimate of drug-likeness (QED) is 0.525. The van der Waals surface area contributed by atoms with Crippen molar-refractivity contribution in [3.63, 3.8) is 0 Å². The summed E-state index contributed by atoms with van der Waals surface area (Å²) in [6.07, 6.45) is 12.5. The summed E-state index contributed by atoms with van der Waals surface area (Å²) in [7, 11) is 0. The number of benzene rings is 1. The minimum atomic E-state index is -0.154. The SMILES string of the molecule is CCCCCCC(C)(C)c1cc(O)c2c(c1)OC(C)(C)C1CCCCCC21. The molecule has 1 aliphatic heterocycles. The number of hydrogen-bond donors (Lipinski definition) is 1. The third kappa shape index (κ3) is 4.30. The summed E-state index contributed by atoms with van der Waals surface area (Å²) < 4.78 is 6.54. The van der Waals surface area contributed by atoms with E-state index in [4.69, 9.17) is 4.74 Å². The van der Waals surface area contributed by atoms with E-state index in [1.165, 1.54) is 63.4 Å². The van der Waals surface area contributed by atoms with Crippen molar-refractivity contribution < 1.29 is 9.84 Å². The summed E-state index contributed by atoms with van der Waals surface area (Å²) in [5.74, 6) is 2.36. The molecule has 2 unspecified atom stereocenters. The Hall–Kier alpha value is -1.18. The maximum atomic E-state index is 11.0. The predicted molar refractivity (Wildman–Crippen MR) is 114 cm³/mol. The van der Waals surface area contributed by atoms with Crippen LogP contribution in [0.3, 0.4) is 0 Å². The van der Waals surface area contributed by atoms with Crippen LogP contribution in [0, 0.1) is 5.92 Å². The van der Waals surface area contributed by atoms with Gasteiger partial charge in [-0.3, -0.25) is 0 Å². The Morgan fingerprint density at radius 3 is 2.56 bits per heavy atom. The Kier molecular flexibility index (Phi) is 6.13. The molecule has 2 aliphatic rings. The highest BCUT2D eigenvalue weighted by Gasteiger charge is 2.45. The molecule has 2 heteroatoms. The Labute approximate surface area is 166 Å². The van der Waals surface area contributed by atoms with E-state index in [9.17, 15) is 5.11 Å². The van der Waals surface area contributed by atoms with Crippen molar-refractivity contribution in [1.82, 2.24) is 0 Å². The van der Waals surface area contributed by atoms with Gasteiger partial charge >= 0.3 is 0 Å². The molecule has 1 N–H and O–H groups in total. The fourth-order valence-electron chi connectivity index (χ4n) is 5.44. The third-order valence-corrected chi connectivity index (χ3v) is 7.21. The summed E-state index contributed by atoms with van der Waals surface area (Å²) in [6.45, 7) is 11.4. The van der Waals surface area contributed by atoms with Crippen molar-refractivity contribution >= 4 is 0 Å². The van der Waals surface area contributed by atoms with Crippen LogP contribution in [0.4, 0.5) is 0 Å². The lowest BCUT2D eigenvalue weighted by molar-refractivity contribution is 0.00563. The van der Waals surface area contributed by atoms with Crippen LogP contribution in [0.2, 0.25) is 0 Å². The maximum absolute atomic E-state index is 11.0. The molecule has 0 aromatic heterocycles. The lowest BCUT2D eigenvalue weighted by atomic mass is 9.70. The molecular weight excluding hydrogens is 332 g/mol. The normalized spacial score (nSPS) is 24.5. The van der Waals surface area contributed by atoms with Crippen molar-refractivity contribution in [2.24, 2.45) is 5.92 Å². The van der Waals surface area contributed by atoms with Gasteiger partial charge in [0, 0.05) is 11.5 Å². The van der Waals surface area contributed by atoms with Gasteiger partial charge in [0.1, 0.15) is 17.1 Å². The monoisotopic (exact) mass is 372 g/mol. The van der Waals surface area contributed by atoms with E-state index >= 15 is 0 Å². The summed E-state index contributed by atoms with van der Waals surface area (Å²) in [5.41, 5.74) is 2.22. The first-order chi connectivity index (χ1) is 12.8. The molecule has 0 saturated heterocycles. The van der Waals surface area contributed by atoms with Gasteiger partial charge in [0.2, 0.25) is 0 Å². The van der Waals surface area contributed by atoms with Gasteiger partial charge in [-0.25, -0.2) is 0 Å². The topological polar surface area (TPSA) is 29.5 Å². The number of hydrogen-bond acceptors (Lipinski definition) is 2. The highest BCUT2D eigenvalue weighted by Crippen LogP contribution is 2.54. The number of rotatable bonds is 6. The van der Waals surface area contributed by atoms with Gasteiger partial charge in [-0.1, -0.05) is 65.7 Å². The first kappa shape index (κ1) is 20.6.